The van der Waals surface area contributed by atoms with Crippen LogP contribution < -0.4 is 16.0 Å². The van der Waals surface area contributed by atoms with Gasteiger partial charge in [-0.3, -0.25) is 0 Å². The molecule has 20 heavy (non-hydrogen) atoms. The van der Waals surface area contributed by atoms with Gasteiger partial charge in [0.25, 0.3) is 0 Å². The largest absolute Gasteiger partial charge is 0.453 e. The van der Waals surface area contributed by atoms with Gasteiger partial charge < -0.3 is 20.7 Å². The summed E-state index contributed by atoms with van der Waals surface area (Å²) in [5.74, 6) is 0. The molecule has 110 valence electrons. The molecule has 2 unspecified atom stereocenters. The third-order valence-corrected chi connectivity index (χ3v) is 3.81. The minimum absolute atomic E-state index is 0.0545. The number of ether oxygens (including phenoxy) is 1. The summed E-state index contributed by atoms with van der Waals surface area (Å²) in [5.41, 5.74) is 8.53. The molecule has 1 amide bonds. The van der Waals surface area contributed by atoms with Gasteiger partial charge in [0.1, 0.15) is 0 Å². The van der Waals surface area contributed by atoms with E-state index in [1.54, 1.807) is 0 Å². The number of carbonyl (C=O) groups excluding carboxylic acids is 1. The Kier molecular flexibility index (Phi) is 4.84. The van der Waals surface area contributed by atoms with E-state index in [1.807, 2.05) is 12.1 Å². The second-order valence-corrected chi connectivity index (χ2v) is 5.14. The van der Waals surface area contributed by atoms with Gasteiger partial charge >= 0.3 is 6.09 Å². The zero-order valence-electron chi connectivity index (χ0n) is 12.1. The van der Waals surface area contributed by atoms with Gasteiger partial charge in [-0.05, 0) is 24.5 Å². The summed E-state index contributed by atoms with van der Waals surface area (Å²) in [5, 5.41) is 2.86. The lowest BCUT2D eigenvalue weighted by Crippen LogP contribution is -2.37. The number of anilines is 1. The molecule has 0 spiro atoms. The lowest BCUT2D eigenvalue weighted by Gasteiger charge is -2.24. The highest BCUT2D eigenvalue weighted by Crippen LogP contribution is 2.29. The number of para-hydroxylation sites is 1. The number of nitrogens with zero attached hydrogens (tertiary/aromatic N) is 1. The number of methoxy groups -OCH3 is 1. The lowest BCUT2D eigenvalue weighted by molar-refractivity contribution is 0.167. The number of hydrogen-bond acceptors (Lipinski definition) is 4. The number of carbonyl (C=O) groups is 1. The summed E-state index contributed by atoms with van der Waals surface area (Å²) in [7, 11) is 1.39. The number of amides is 1. The van der Waals surface area contributed by atoms with Crippen molar-refractivity contribution in [2.24, 2.45) is 5.73 Å². The number of nitrogens with one attached hydrogen (secondary N) is 1. The van der Waals surface area contributed by atoms with Crippen LogP contribution in [0, 0.1) is 0 Å². The molecule has 1 aliphatic rings. The molecular formula is C15H23N3O2. The number of nitrogens with two attached hydrogens (primary N) is 1. The predicted octanol–water partition coefficient (Wildman–Crippen LogP) is 2.03. The van der Waals surface area contributed by atoms with Crippen molar-refractivity contribution in [1.29, 1.82) is 0 Å². The summed E-state index contributed by atoms with van der Waals surface area (Å²) in [6, 6.07) is 8.43. The summed E-state index contributed by atoms with van der Waals surface area (Å²) in [4.78, 5) is 13.5. The van der Waals surface area contributed by atoms with Crippen LogP contribution >= 0.6 is 0 Å². The highest BCUT2D eigenvalue weighted by atomic mass is 16.5. The van der Waals surface area contributed by atoms with Crippen molar-refractivity contribution in [3.05, 3.63) is 29.8 Å². The topological polar surface area (TPSA) is 67.6 Å². The third-order valence-electron chi connectivity index (χ3n) is 3.81. The molecule has 1 fully saturated rings. The van der Waals surface area contributed by atoms with Gasteiger partial charge in [-0.15, -0.1) is 0 Å². The Morgan fingerprint density at radius 3 is 3.00 bits per heavy atom. The van der Waals surface area contributed by atoms with E-state index in [0.717, 1.165) is 25.9 Å². The quantitative estimate of drug-likeness (QED) is 0.883. The minimum Gasteiger partial charge on any atom is -0.453 e. The maximum Gasteiger partial charge on any atom is 0.407 e. The van der Waals surface area contributed by atoms with E-state index >= 15 is 0 Å². The van der Waals surface area contributed by atoms with Gasteiger partial charge in [0.05, 0.1) is 13.2 Å². The van der Waals surface area contributed by atoms with Gasteiger partial charge in [-0.1, -0.05) is 25.1 Å². The first-order valence-electron chi connectivity index (χ1n) is 7.09. The van der Waals surface area contributed by atoms with E-state index in [2.05, 4.69) is 34.0 Å². The summed E-state index contributed by atoms with van der Waals surface area (Å²) >= 11 is 0. The third kappa shape index (κ3) is 3.22. The molecule has 0 aliphatic carbocycles. The second-order valence-electron chi connectivity index (χ2n) is 5.14. The molecule has 5 nitrogen and oxygen atoms in total. The van der Waals surface area contributed by atoms with Crippen molar-refractivity contribution in [2.45, 2.75) is 31.8 Å². The summed E-state index contributed by atoms with van der Waals surface area (Å²) < 4.78 is 4.64. The SMILES string of the molecule is CCC(N)c1ccccc1N1CCC(NC(=O)OC)C1. The number of hydrogen-bond donors (Lipinski definition) is 2. The van der Waals surface area contributed by atoms with Crippen molar-refractivity contribution >= 4 is 11.8 Å². The van der Waals surface area contributed by atoms with Crippen LogP contribution in [0.3, 0.4) is 0 Å². The Morgan fingerprint density at radius 2 is 2.30 bits per heavy atom. The van der Waals surface area contributed by atoms with Crippen LogP contribution in [0.15, 0.2) is 24.3 Å². The molecule has 0 radical (unpaired) electrons. The van der Waals surface area contributed by atoms with Crippen LogP contribution in [0.1, 0.15) is 31.4 Å². The normalized spacial score (nSPS) is 19.8. The monoisotopic (exact) mass is 277 g/mol. The number of benzene rings is 1. The first-order chi connectivity index (χ1) is 9.65. The van der Waals surface area contributed by atoms with Crippen molar-refractivity contribution < 1.29 is 9.53 Å². The van der Waals surface area contributed by atoms with E-state index < -0.39 is 0 Å². The molecule has 1 aliphatic heterocycles. The van der Waals surface area contributed by atoms with Crippen LogP contribution in [0.25, 0.3) is 0 Å². The molecular weight excluding hydrogens is 254 g/mol. The van der Waals surface area contributed by atoms with Gasteiger partial charge in [-0.25, -0.2) is 4.79 Å². The van der Waals surface area contributed by atoms with E-state index in [-0.39, 0.29) is 18.2 Å². The predicted molar refractivity (Wildman–Crippen MR) is 79.8 cm³/mol. The Hall–Kier alpha value is -1.75. The number of rotatable bonds is 4. The van der Waals surface area contributed by atoms with Crippen LogP contribution in [-0.2, 0) is 4.74 Å². The van der Waals surface area contributed by atoms with Crippen LogP contribution in [0.4, 0.5) is 10.5 Å². The zero-order valence-corrected chi connectivity index (χ0v) is 12.1. The van der Waals surface area contributed by atoms with Crippen LogP contribution in [0.2, 0.25) is 0 Å². The van der Waals surface area contributed by atoms with E-state index in [4.69, 9.17) is 5.73 Å². The van der Waals surface area contributed by atoms with E-state index in [0.29, 0.717) is 0 Å². The molecule has 2 atom stereocenters. The Bertz CT molecular complexity index is 464. The molecule has 0 aromatic heterocycles. The first kappa shape index (κ1) is 14.7. The molecule has 0 bridgehead atoms. The number of alkyl carbamates (subject to hydrolysis) is 1. The molecule has 0 saturated carbocycles. The molecule has 1 saturated heterocycles. The van der Waals surface area contributed by atoms with Crippen molar-refractivity contribution in [1.82, 2.24) is 5.32 Å². The van der Waals surface area contributed by atoms with Crippen LogP contribution in [-0.4, -0.2) is 32.3 Å². The highest BCUT2D eigenvalue weighted by molar-refractivity contribution is 5.67. The molecule has 5 heteroatoms. The van der Waals surface area contributed by atoms with Crippen molar-refractivity contribution in [2.75, 3.05) is 25.1 Å². The molecule has 1 heterocycles. The summed E-state index contributed by atoms with van der Waals surface area (Å²) in [6.07, 6.45) is 1.47. The van der Waals surface area contributed by atoms with Gasteiger partial charge in [0.15, 0.2) is 0 Å². The fraction of sp³-hybridized carbons (Fsp3) is 0.533. The highest BCUT2D eigenvalue weighted by Gasteiger charge is 2.26. The fourth-order valence-electron chi connectivity index (χ4n) is 2.63. The molecule has 1 aromatic rings. The van der Waals surface area contributed by atoms with E-state index in [1.165, 1.54) is 18.4 Å². The fourth-order valence-corrected chi connectivity index (χ4v) is 2.63. The molecule has 3 N–H and O–H groups in total. The maximum absolute atomic E-state index is 11.3. The first-order valence-corrected chi connectivity index (χ1v) is 7.09. The maximum atomic E-state index is 11.3. The van der Waals surface area contributed by atoms with Gasteiger partial charge in [0.2, 0.25) is 0 Å². The van der Waals surface area contributed by atoms with Crippen molar-refractivity contribution in [3.8, 4) is 0 Å². The van der Waals surface area contributed by atoms with Gasteiger partial charge in [0, 0.05) is 24.8 Å². The smallest absolute Gasteiger partial charge is 0.407 e. The van der Waals surface area contributed by atoms with Crippen LogP contribution in [0.5, 0.6) is 0 Å². The second kappa shape index (κ2) is 6.61. The Morgan fingerprint density at radius 1 is 1.55 bits per heavy atom. The summed E-state index contributed by atoms with van der Waals surface area (Å²) in [6.45, 7) is 3.80. The zero-order chi connectivity index (χ0) is 14.5. The van der Waals surface area contributed by atoms with Gasteiger partial charge in [-0.2, -0.15) is 0 Å². The Labute approximate surface area is 120 Å². The minimum atomic E-state index is -0.365. The average molecular weight is 277 g/mol. The standard InChI is InChI=1S/C15H23N3O2/c1-3-13(16)12-6-4-5-7-14(12)18-9-8-11(10-18)17-15(19)20-2/h4-7,11,13H,3,8-10,16H2,1-2H3,(H,17,19). The van der Waals surface area contributed by atoms with Crippen molar-refractivity contribution in [3.63, 3.8) is 0 Å². The molecule has 2 rings (SSSR count). The molecule has 1 aromatic carbocycles. The lowest BCUT2D eigenvalue weighted by atomic mass is 10.0. The van der Waals surface area contributed by atoms with E-state index in [9.17, 15) is 4.79 Å². The Balaban J connectivity index is 2.08. The average Bonchev–Trinajstić information content (AvgIpc) is 2.94.